The van der Waals surface area contributed by atoms with E-state index in [0.29, 0.717) is 11.3 Å². The van der Waals surface area contributed by atoms with Gasteiger partial charge in [0.25, 0.3) is 5.91 Å². The molecule has 1 saturated carbocycles. The van der Waals surface area contributed by atoms with Crippen LogP contribution in [0.3, 0.4) is 0 Å². The van der Waals surface area contributed by atoms with Crippen LogP contribution in [0.4, 0.5) is 5.69 Å². The summed E-state index contributed by atoms with van der Waals surface area (Å²) in [5.41, 5.74) is 3.03. The smallest absolute Gasteiger partial charge is 0.251 e. The SMILES string of the molecule is O=C(NCCNS(=O)(=O)c1ccc(-c2ccccc2)cc1)c1ccc(NC(=O)C2CCCC2)cc1. The zero-order valence-corrected chi connectivity index (χ0v) is 20.2. The Hall–Kier alpha value is -3.49. The predicted octanol–water partition coefficient (Wildman–Crippen LogP) is 4.19. The normalized spacial score (nSPS) is 13.9. The Morgan fingerprint density at radius 3 is 2.06 bits per heavy atom. The van der Waals surface area contributed by atoms with Crippen LogP contribution in [-0.4, -0.2) is 33.3 Å². The molecule has 3 N–H and O–H groups in total. The first-order chi connectivity index (χ1) is 16.9. The quantitative estimate of drug-likeness (QED) is 0.391. The zero-order valence-electron chi connectivity index (χ0n) is 19.4. The number of benzene rings is 3. The fourth-order valence-electron chi connectivity index (χ4n) is 4.14. The number of carbonyl (C=O) groups excluding carboxylic acids is 2. The lowest BCUT2D eigenvalue weighted by Crippen LogP contribution is -2.34. The second kappa shape index (κ2) is 11.3. The second-order valence-electron chi connectivity index (χ2n) is 8.59. The number of carbonyl (C=O) groups is 2. The molecule has 35 heavy (non-hydrogen) atoms. The number of anilines is 1. The van der Waals surface area contributed by atoms with Crippen molar-refractivity contribution in [3.8, 4) is 11.1 Å². The zero-order chi connectivity index (χ0) is 24.7. The van der Waals surface area contributed by atoms with E-state index in [-0.39, 0.29) is 35.7 Å². The van der Waals surface area contributed by atoms with Gasteiger partial charge < -0.3 is 10.6 Å². The van der Waals surface area contributed by atoms with Crippen molar-refractivity contribution in [3.63, 3.8) is 0 Å². The molecule has 0 saturated heterocycles. The van der Waals surface area contributed by atoms with Gasteiger partial charge in [0.05, 0.1) is 4.90 Å². The molecule has 7 nitrogen and oxygen atoms in total. The summed E-state index contributed by atoms with van der Waals surface area (Å²) in [7, 11) is -3.69. The summed E-state index contributed by atoms with van der Waals surface area (Å²) in [5, 5.41) is 5.61. The summed E-state index contributed by atoms with van der Waals surface area (Å²) in [6, 6.07) is 23.1. The highest BCUT2D eigenvalue weighted by molar-refractivity contribution is 7.89. The van der Waals surface area contributed by atoms with Crippen molar-refractivity contribution in [2.75, 3.05) is 18.4 Å². The molecule has 3 aromatic rings. The van der Waals surface area contributed by atoms with Gasteiger partial charge in [0, 0.05) is 30.3 Å². The van der Waals surface area contributed by atoms with E-state index < -0.39 is 10.0 Å². The third-order valence-electron chi connectivity index (χ3n) is 6.11. The van der Waals surface area contributed by atoms with Crippen LogP contribution in [0.1, 0.15) is 36.0 Å². The molecular weight excluding hydrogens is 462 g/mol. The van der Waals surface area contributed by atoms with Crippen LogP contribution in [0.5, 0.6) is 0 Å². The van der Waals surface area contributed by atoms with Crippen molar-refractivity contribution < 1.29 is 18.0 Å². The molecule has 4 rings (SSSR count). The van der Waals surface area contributed by atoms with Gasteiger partial charge in [0.1, 0.15) is 0 Å². The fraction of sp³-hybridized carbons (Fsp3) is 0.259. The van der Waals surface area contributed by atoms with Gasteiger partial charge in [-0.3, -0.25) is 9.59 Å². The minimum Gasteiger partial charge on any atom is -0.351 e. The predicted molar refractivity (Wildman–Crippen MR) is 136 cm³/mol. The molecule has 0 heterocycles. The monoisotopic (exact) mass is 491 g/mol. The van der Waals surface area contributed by atoms with Crippen LogP contribution in [0.15, 0.2) is 83.8 Å². The minimum absolute atomic E-state index is 0.0293. The van der Waals surface area contributed by atoms with E-state index in [2.05, 4.69) is 15.4 Å². The van der Waals surface area contributed by atoms with Crippen molar-refractivity contribution in [3.05, 3.63) is 84.4 Å². The maximum Gasteiger partial charge on any atom is 0.251 e. The van der Waals surface area contributed by atoms with E-state index in [1.54, 1.807) is 48.5 Å². The molecular formula is C27H29N3O4S. The average Bonchev–Trinajstić information content (AvgIpc) is 3.43. The Morgan fingerprint density at radius 1 is 0.771 bits per heavy atom. The third kappa shape index (κ3) is 6.55. The summed E-state index contributed by atoms with van der Waals surface area (Å²) in [4.78, 5) is 24.8. The minimum atomic E-state index is -3.69. The van der Waals surface area contributed by atoms with Crippen LogP contribution in [0.2, 0.25) is 0 Å². The van der Waals surface area contributed by atoms with Crippen LogP contribution < -0.4 is 15.4 Å². The van der Waals surface area contributed by atoms with Gasteiger partial charge in [0.15, 0.2) is 0 Å². The first-order valence-electron chi connectivity index (χ1n) is 11.8. The Kier molecular flexibility index (Phi) is 7.94. The Balaban J connectivity index is 1.23. The number of hydrogen-bond acceptors (Lipinski definition) is 4. The van der Waals surface area contributed by atoms with Gasteiger partial charge in [-0.2, -0.15) is 0 Å². The number of rotatable bonds is 9. The highest BCUT2D eigenvalue weighted by Gasteiger charge is 2.22. The van der Waals surface area contributed by atoms with Crippen molar-refractivity contribution in [2.45, 2.75) is 30.6 Å². The third-order valence-corrected chi connectivity index (χ3v) is 7.59. The first kappa shape index (κ1) is 24.6. The first-order valence-corrected chi connectivity index (χ1v) is 13.2. The summed E-state index contributed by atoms with van der Waals surface area (Å²) >= 11 is 0. The van der Waals surface area contributed by atoms with E-state index in [1.165, 1.54) is 0 Å². The van der Waals surface area contributed by atoms with Crippen LogP contribution in [0, 0.1) is 5.92 Å². The van der Waals surface area contributed by atoms with Crippen LogP contribution in [0.25, 0.3) is 11.1 Å². The number of hydrogen-bond donors (Lipinski definition) is 3. The van der Waals surface area contributed by atoms with Crippen molar-refractivity contribution in [1.29, 1.82) is 0 Å². The Morgan fingerprint density at radius 2 is 1.40 bits per heavy atom. The van der Waals surface area contributed by atoms with E-state index in [9.17, 15) is 18.0 Å². The maximum absolute atomic E-state index is 12.6. The molecule has 0 spiro atoms. The Bertz CT molecular complexity index is 1250. The van der Waals surface area contributed by atoms with E-state index in [0.717, 1.165) is 36.8 Å². The maximum atomic E-state index is 12.6. The molecule has 0 radical (unpaired) electrons. The molecule has 0 atom stereocenters. The lowest BCUT2D eigenvalue weighted by atomic mass is 10.1. The molecule has 8 heteroatoms. The van der Waals surface area contributed by atoms with Gasteiger partial charge in [-0.1, -0.05) is 55.3 Å². The number of nitrogens with one attached hydrogen (secondary N) is 3. The molecule has 1 fully saturated rings. The molecule has 2 amide bonds. The van der Waals surface area contributed by atoms with Gasteiger partial charge in [0.2, 0.25) is 15.9 Å². The van der Waals surface area contributed by atoms with Gasteiger partial charge in [-0.25, -0.2) is 13.1 Å². The average molecular weight is 492 g/mol. The molecule has 1 aliphatic rings. The number of sulfonamides is 1. The highest BCUT2D eigenvalue weighted by atomic mass is 32.2. The molecule has 0 bridgehead atoms. The molecule has 0 aromatic heterocycles. The molecule has 0 aliphatic heterocycles. The van der Waals surface area contributed by atoms with E-state index in [1.807, 2.05) is 30.3 Å². The fourth-order valence-corrected chi connectivity index (χ4v) is 5.17. The van der Waals surface area contributed by atoms with Crippen molar-refractivity contribution in [1.82, 2.24) is 10.0 Å². The van der Waals surface area contributed by atoms with Crippen molar-refractivity contribution >= 4 is 27.5 Å². The Labute approximate surface area is 206 Å². The molecule has 0 unspecified atom stereocenters. The lowest BCUT2D eigenvalue weighted by Gasteiger charge is -2.11. The van der Waals surface area contributed by atoms with Crippen LogP contribution in [-0.2, 0) is 14.8 Å². The van der Waals surface area contributed by atoms with Gasteiger partial charge >= 0.3 is 0 Å². The van der Waals surface area contributed by atoms with E-state index >= 15 is 0 Å². The van der Waals surface area contributed by atoms with Gasteiger partial charge in [-0.15, -0.1) is 0 Å². The second-order valence-corrected chi connectivity index (χ2v) is 10.4. The van der Waals surface area contributed by atoms with Crippen molar-refractivity contribution in [2.24, 2.45) is 5.92 Å². The summed E-state index contributed by atoms with van der Waals surface area (Å²) in [6.45, 7) is 0.199. The summed E-state index contributed by atoms with van der Waals surface area (Å²) < 4.78 is 27.6. The highest BCUT2D eigenvalue weighted by Crippen LogP contribution is 2.26. The van der Waals surface area contributed by atoms with Gasteiger partial charge in [-0.05, 0) is 60.4 Å². The van der Waals surface area contributed by atoms with E-state index in [4.69, 9.17) is 0 Å². The number of amides is 2. The molecule has 1 aliphatic carbocycles. The molecule has 182 valence electrons. The molecule has 3 aromatic carbocycles. The summed E-state index contributed by atoms with van der Waals surface area (Å²) in [6.07, 6.45) is 4.03. The topological polar surface area (TPSA) is 104 Å². The lowest BCUT2D eigenvalue weighted by molar-refractivity contribution is -0.119. The largest absolute Gasteiger partial charge is 0.351 e. The summed E-state index contributed by atoms with van der Waals surface area (Å²) in [5.74, 6) is -0.213. The van der Waals surface area contributed by atoms with Crippen LogP contribution >= 0.6 is 0 Å². The standard InChI is InChI=1S/C27H29N3O4S/c31-26(23-10-14-24(15-11-23)30-27(32)22-8-4-5-9-22)28-18-19-29-35(33,34)25-16-12-21(13-17-25)20-6-2-1-3-7-20/h1-3,6-7,10-17,22,29H,4-5,8-9,18-19H2,(H,28,31)(H,30,32).